The van der Waals surface area contributed by atoms with E-state index in [2.05, 4.69) is 35.4 Å². The first-order chi connectivity index (χ1) is 9.60. The Morgan fingerprint density at radius 2 is 1.80 bits per heavy atom. The Morgan fingerprint density at radius 1 is 1.10 bits per heavy atom. The van der Waals surface area contributed by atoms with Crippen molar-refractivity contribution >= 4 is 0 Å². The van der Waals surface area contributed by atoms with Crippen LogP contribution in [0.25, 0.3) is 0 Å². The molecule has 0 aliphatic heterocycles. The fourth-order valence-electron chi connectivity index (χ4n) is 2.21. The average molecular weight is 270 g/mol. The third-order valence-corrected chi connectivity index (χ3v) is 3.11. The Kier molecular flexibility index (Phi) is 4.74. The second kappa shape index (κ2) is 6.53. The summed E-state index contributed by atoms with van der Waals surface area (Å²) in [6.07, 6.45) is 2.05. The highest BCUT2D eigenvalue weighted by molar-refractivity contribution is 5.34. The second-order valence-corrected chi connectivity index (χ2v) is 5.22. The van der Waals surface area contributed by atoms with Crippen molar-refractivity contribution in [3.8, 4) is 5.75 Å². The summed E-state index contributed by atoms with van der Waals surface area (Å²) in [4.78, 5) is 4.46. The van der Waals surface area contributed by atoms with E-state index in [4.69, 9.17) is 4.74 Å². The van der Waals surface area contributed by atoms with Gasteiger partial charge in [0.15, 0.2) is 0 Å². The Morgan fingerprint density at radius 3 is 2.35 bits per heavy atom. The predicted octanol–water partition coefficient (Wildman–Crippen LogP) is 3.49. The molecule has 0 fully saturated rings. The zero-order valence-electron chi connectivity index (χ0n) is 12.6. The van der Waals surface area contributed by atoms with Crippen LogP contribution in [0.4, 0.5) is 0 Å². The maximum Gasteiger partial charge on any atom is 0.119 e. The van der Waals surface area contributed by atoms with Gasteiger partial charge in [-0.15, -0.1) is 0 Å². The van der Waals surface area contributed by atoms with Gasteiger partial charge in [0.05, 0.1) is 17.8 Å². The van der Waals surface area contributed by atoms with E-state index >= 15 is 0 Å². The summed E-state index contributed by atoms with van der Waals surface area (Å²) in [6.45, 7) is 6.14. The van der Waals surface area contributed by atoms with Crippen LogP contribution in [0.2, 0.25) is 0 Å². The minimum absolute atomic E-state index is 0.1000. The highest BCUT2D eigenvalue weighted by Crippen LogP contribution is 2.23. The molecule has 1 unspecified atom stereocenters. The fraction of sp³-hybridized carbons (Fsp3) is 0.353. The lowest BCUT2D eigenvalue weighted by atomic mass is 10.0. The van der Waals surface area contributed by atoms with Crippen LogP contribution >= 0.6 is 0 Å². The van der Waals surface area contributed by atoms with Gasteiger partial charge in [0, 0.05) is 6.20 Å². The Labute approximate surface area is 121 Å². The SMILES string of the molecule is CNC(c1ccc(OC(C)C)cc1)c1cc(C)ccn1. The van der Waals surface area contributed by atoms with Crippen LogP contribution in [0.3, 0.4) is 0 Å². The molecule has 0 radical (unpaired) electrons. The first-order valence-electron chi connectivity index (χ1n) is 6.96. The van der Waals surface area contributed by atoms with Gasteiger partial charge >= 0.3 is 0 Å². The number of aromatic nitrogens is 1. The third kappa shape index (κ3) is 3.58. The average Bonchev–Trinajstić information content (AvgIpc) is 2.41. The number of nitrogens with zero attached hydrogens (tertiary/aromatic N) is 1. The molecule has 0 saturated carbocycles. The zero-order valence-corrected chi connectivity index (χ0v) is 12.6. The monoisotopic (exact) mass is 270 g/mol. The number of benzene rings is 1. The van der Waals surface area contributed by atoms with Crippen molar-refractivity contribution in [1.82, 2.24) is 10.3 Å². The molecule has 0 spiro atoms. The van der Waals surface area contributed by atoms with Crippen LogP contribution in [0, 0.1) is 6.92 Å². The molecule has 3 nitrogen and oxygen atoms in total. The van der Waals surface area contributed by atoms with Crippen molar-refractivity contribution in [3.05, 3.63) is 59.4 Å². The van der Waals surface area contributed by atoms with Gasteiger partial charge < -0.3 is 10.1 Å². The van der Waals surface area contributed by atoms with Crippen LogP contribution in [-0.2, 0) is 0 Å². The van der Waals surface area contributed by atoms with Gasteiger partial charge in [-0.2, -0.15) is 0 Å². The molecular weight excluding hydrogens is 248 g/mol. The second-order valence-electron chi connectivity index (χ2n) is 5.22. The minimum Gasteiger partial charge on any atom is -0.491 e. The summed E-state index contributed by atoms with van der Waals surface area (Å²) in [5.41, 5.74) is 3.43. The van der Waals surface area contributed by atoms with Crippen LogP contribution in [0.5, 0.6) is 5.75 Å². The van der Waals surface area contributed by atoms with Gasteiger partial charge in [0.2, 0.25) is 0 Å². The summed E-state index contributed by atoms with van der Waals surface area (Å²) in [5, 5.41) is 3.32. The standard InChI is InChI=1S/C17H22N2O/c1-12(2)20-15-7-5-14(6-8-15)17(18-4)16-11-13(3)9-10-19-16/h5-12,17-18H,1-4H3. The number of pyridine rings is 1. The lowest BCUT2D eigenvalue weighted by Crippen LogP contribution is -2.19. The van der Waals surface area contributed by atoms with Gasteiger partial charge in [-0.25, -0.2) is 0 Å². The summed E-state index contributed by atoms with van der Waals surface area (Å²) >= 11 is 0. The largest absolute Gasteiger partial charge is 0.491 e. The van der Waals surface area contributed by atoms with Gasteiger partial charge in [0.25, 0.3) is 0 Å². The first-order valence-corrected chi connectivity index (χ1v) is 6.96. The maximum absolute atomic E-state index is 5.67. The number of hydrogen-bond donors (Lipinski definition) is 1. The zero-order chi connectivity index (χ0) is 14.5. The Hall–Kier alpha value is -1.87. The van der Waals surface area contributed by atoms with Crippen LogP contribution in [0.1, 0.15) is 36.7 Å². The third-order valence-electron chi connectivity index (χ3n) is 3.11. The lowest BCUT2D eigenvalue weighted by Gasteiger charge is -2.17. The molecule has 1 heterocycles. The van der Waals surface area contributed by atoms with E-state index in [0.29, 0.717) is 0 Å². The molecule has 2 rings (SSSR count). The molecule has 0 aliphatic rings. The Bertz CT molecular complexity index is 549. The van der Waals surface area contributed by atoms with E-state index in [9.17, 15) is 0 Å². The van der Waals surface area contributed by atoms with Crippen molar-refractivity contribution in [2.45, 2.75) is 32.9 Å². The van der Waals surface area contributed by atoms with E-state index in [1.54, 1.807) is 0 Å². The fourth-order valence-corrected chi connectivity index (χ4v) is 2.21. The number of aryl methyl sites for hydroxylation is 1. The van der Waals surface area contributed by atoms with Gasteiger partial charge in [-0.1, -0.05) is 12.1 Å². The molecule has 1 aromatic carbocycles. The van der Waals surface area contributed by atoms with E-state index in [-0.39, 0.29) is 12.1 Å². The minimum atomic E-state index is 0.1000. The molecule has 20 heavy (non-hydrogen) atoms. The van der Waals surface area contributed by atoms with E-state index in [0.717, 1.165) is 11.4 Å². The highest BCUT2D eigenvalue weighted by atomic mass is 16.5. The molecule has 0 aliphatic carbocycles. The quantitative estimate of drug-likeness (QED) is 0.903. The van der Waals surface area contributed by atoms with Gasteiger partial charge in [0.1, 0.15) is 5.75 Å². The molecule has 1 N–H and O–H groups in total. The number of nitrogens with one attached hydrogen (secondary N) is 1. The molecular formula is C17H22N2O. The van der Waals surface area contributed by atoms with Gasteiger partial charge in [-0.05, 0) is 63.2 Å². The molecule has 0 bridgehead atoms. The predicted molar refractivity (Wildman–Crippen MR) is 82.1 cm³/mol. The summed E-state index contributed by atoms with van der Waals surface area (Å²) in [5.74, 6) is 0.899. The highest BCUT2D eigenvalue weighted by Gasteiger charge is 2.13. The van der Waals surface area contributed by atoms with Gasteiger partial charge in [-0.3, -0.25) is 4.98 Å². The lowest BCUT2D eigenvalue weighted by molar-refractivity contribution is 0.242. The van der Waals surface area contributed by atoms with E-state index in [1.165, 1.54) is 11.1 Å². The summed E-state index contributed by atoms with van der Waals surface area (Å²) < 4.78 is 5.67. The topological polar surface area (TPSA) is 34.1 Å². The van der Waals surface area contributed by atoms with Crippen molar-refractivity contribution in [2.75, 3.05) is 7.05 Å². The normalized spacial score (nSPS) is 12.4. The summed E-state index contributed by atoms with van der Waals surface area (Å²) in [7, 11) is 1.95. The van der Waals surface area contributed by atoms with Crippen molar-refractivity contribution in [3.63, 3.8) is 0 Å². The molecule has 1 atom stereocenters. The van der Waals surface area contributed by atoms with E-state index < -0.39 is 0 Å². The van der Waals surface area contributed by atoms with Crippen molar-refractivity contribution in [1.29, 1.82) is 0 Å². The van der Waals surface area contributed by atoms with Crippen molar-refractivity contribution in [2.24, 2.45) is 0 Å². The molecule has 3 heteroatoms. The molecule has 106 valence electrons. The molecule has 2 aromatic rings. The number of rotatable bonds is 5. The van der Waals surface area contributed by atoms with Crippen LogP contribution < -0.4 is 10.1 Å². The molecule has 0 amide bonds. The molecule has 1 aromatic heterocycles. The molecule has 0 saturated heterocycles. The number of hydrogen-bond acceptors (Lipinski definition) is 3. The first kappa shape index (κ1) is 14.5. The Balaban J connectivity index is 2.23. The smallest absolute Gasteiger partial charge is 0.119 e. The summed E-state index contributed by atoms with van der Waals surface area (Å²) in [6, 6.07) is 12.4. The van der Waals surface area contributed by atoms with E-state index in [1.807, 2.05) is 45.3 Å². The van der Waals surface area contributed by atoms with Crippen LogP contribution in [0.15, 0.2) is 42.6 Å². The number of ether oxygens (including phenoxy) is 1. The van der Waals surface area contributed by atoms with Crippen molar-refractivity contribution < 1.29 is 4.74 Å². The van der Waals surface area contributed by atoms with Crippen LogP contribution in [-0.4, -0.2) is 18.1 Å². The maximum atomic E-state index is 5.67.